The standard InChI is InChI=1S/C22H25N3O5S2/c1-2-22(26)23-18-6-8-19(9-7-18)32(29,30)25-15-12-17-16-20(10-11-21(17)25)31(27,28)24-13-4-3-5-14-24/h2,6-11,16H,1,3-5,12-15H2,(H,23,26). The van der Waals surface area contributed by atoms with Crippen LogP contribution >= 0.6 is 0 Å². The summed E-state index contributed by atoms with van der Waals surface area (Å²) in [5, 5.41) is 2.58. The maximum atomic E-state index is 13.2. The van der Waals surface area contributed by atoms with Crippen LogP contribution in [0.25, 0.3) is 0 Å². The molecule has 1 amide bonds. The third-order valence-corrected chi connectivity index (χ3v) is 9.47. The van der Waals surface area contributed by atoms with Crippen molar-refractivity contribution >= 4 is 37.3 Å². The van der Waals surface area contributed by atoms with Gasteiger partial charge in [0.25, 0.3) is 10.0 Å². The lowest BCUT2D eigenvalue weighted by atomic mass is 10.2. The molecule has 2 heterocycles. The quantitative estimate of drug-likeness (QED) is 0.647. The number of benzene rings is 2. The van der Waals surface area contributed by atoms with Crippen LogP contribution in [-0.4, -0.2) is 46.7 Å². The smallest absolute Gasteiger partial charge is 0.264 e. The summed E-state index contributed by atoms with van der Waals surface area (Å²) in [6, 6.07) is 10.6. The van der Waals surface area contributed by atoms with E-state index in [1.807, 2.05) is 0 Å². The molecule has 2 aromatic rings. The van der Waals surface area contributed by atoms with E-state index in [-0.39, 0.29) is 22.2 Å². The Hall–Kier alpha value is -2.69. The van der Waals surface area contributed by atoms with Gasteiger partial charge < -0.3 is 5.32 Å². The van der Waals surface area contributed by atoms with Crippen molar-refractivity contribution in [3.63, 3.8) is 0 Å². The summed E-state index contributed by atoms with van der Waals surface area (Å²) >= 11 is 0. The fourth-order valence-corrected chi connectivity index (χ4v) is 7.11. The number of rotatable bonds is 6. The molecule has 2 aliphatic heterocycles. The Labute approximate surface area is 188 Å². The molecule has 0 aliphatic carbocycles. The summed E-state index contributed by atoms with van der Waals surface area (Å²) in [4.78, 5) is 11.7. The number of anilines is 2. The first-order valence-electron chi connectivity index (χ1n) is 10.4. The average Bonchev–Trinajstić information content (AvgIpc) is 3.24. The van der Waals surface area contributed by atoms with E-state index >= 15 is 0 Å². The number of hydrogen-bond donors (Lipinski definition) is 1. The van der Waals surface area contributed by atoms with E-state index in [0.29, 0.717) is 36.4 Å². The van der Waals surface area contributed by atoms with Gasteiger partial charge in [0.05, 0.1) is 15.5 Å². The van der Waals surface area contributed by atoms with Crippen molar-refractivity contribution in [2.24, 2.45) is 0 Å². The van der Waals surface area contributed by atoms with Gasteiger partial charge in [0.1, 0.15) is 0 Å². The summed E-state index contributed by atoms with van der Waals surface area (Å²) in [5.41, 5.74) is 1.65. The highest BCUT2D eigenvalue weighted by Crippen LogP contribution is 2.35. The Morgan fingerprint density at radius 3 is 2.19 bits per heavy atom. The largest absolute Gasteiger partial charge is 0.323 e. The van der Waals surface area contributed by atoms with Gasteiger partial charge in [-0.15, -0.1) is 0 Å². The number of nitrogens with one attached hydrogen (secondary N) is 1. The molecule has 0 spiro atoms. The van der Waals surface area contributed by atoms with E-state index in [0.717, 1.165) is 25.3 Å². The van der Waals surface area contributed by atoms with Crippen molar-refractivity contribution in [3.05, 3.63) is 60.7 Å². The minimum Gasteiger partial charge on any atom is -0.323 e. The topological polar surface area (TPSA) is 104 Å². The fourth-order valence-electron chi connectivity index (χ4n) is 4.04. The third-order valence-electron chi connectivity index (χ3n) is 5.75. The molecule has 4 rings (SSSR count). The maximum absolute atomic E-state index is 13.2. The van der Waals surface area contributed by atoms with Crippen molar-refractivity contribution in [1.29, 1.82) is 0 Å². The Morgan fingerprint density at radius 2 is 1.53 bits per heavy atom. The lowest BCUT2D eigenvalue weighted by Gasteiger charge is -2.26. The van der Waals surface area contributed by atoms with Crippen LogP contribution in [0, 0.1) is 0 Å². The van der Waals surface area contributed by atoms with E-state index in [9.17, 15) is 21.6 Å². The van der Waals surface area contributed by atoms with Gasteiger partial charge >= 0.3 is 0 Å². The van der Waals surface area contributed by atoms with Gasteiger partial charge in [0.2, 0.25) is 15.9 Å². The van der Waals surface area contributed by atoms with Crippen LogP contribution in [0.2, 0.25) is 0 Å². The number of sulfonamides is 2. The van der Waals surface area contributed by atoms with Crippen molar-refractivity contribution in [2.45, 2.75) is 35.5 Å². The van der Waals surface area contributed by atoms with Gasteiger partial charge in [-0.25, -0.2) is 16.8 Å². The zero-order valence-electron chi connectivity index (χ0n) is 17.5. The second-order valence-corrected chi connectivity index (χ2v) is 11.6. The van der Waals surface area contributed by atoms with E-state index in [1.54, 1.807) is 12.1 Å². The maximum Gasteiger partial charge on any atom is 0.264 e. The lowest BCUT2D eigenvalue weighted by molar-refractivity contribution is -0.111. The van der Waals surface area contributed by atoms with E-state index in [1.165, 1.54) is 38.9 Å². The van der Waals surface area contributed by atoms with Crippen LogP contribution in [0.3, 0.4) is 0 Å². The molecule has 0 radical (unpaired) electrons. The van der Waals surface area contributed by atoms with Crippen LogP contribution in [-0.2, 0) is 31.3 Å². The number of carbonyl (C=O) groups is 1. The van der Waals surface area contributed by atoms with Crippen LogP contribution in [0.4, 0.5) is 11.4 Å². The summed E-state index contributed by atoms with van der Waals surface area (Å²) in [7, 11) is -7.41. The predicted octanol–water partition coefficient (Wildman–Crippen LogP) is 2.74. The van der Waals surface area contributed by atoms with Crippen molar-refractivity contribution in [3.8, 4) is 0 Å². The molecule has 1 fully saturated rings. The van der Waals surface area contributed by atoms with Crippen LogP contribution in [0.5, 0.6) is 0 Å². The molecule has 0 bridgehead atoms. The summed E-state index contributed by atoms with van der Waals surface area (Å²) in [6.45, 7) is 4.65. The number of nitrogens with zero attached hydrogens (tertiary/aromatic N) is 2. The minimum atomic E-state index is -3.83. The zero-order chi connectivity index (χ0) is 22.9. The highest BCUT2D eigenvalue weighted by molar-refractivity contribution is 7.92. The highest BCUT2D eigenvalue weighted by Gasteiger charge is 2.33. The molecule has 10 heteroatoms. The van der Waals surface area contributed by atoms with Gasteiger partial charge in [-0.1, -0.05) is 13.0 Å². The molecular weight excluding hydrogens is 450 g/mol. The fraction of sp³-hybridized carbons (Fsp3) is 0.318. The summed E-state index contributed by atoms with van der Waals surface area (Å²) in [6.07, 6.45) is 4.31. The SMILES string of the molecule is C=CC(=O)Nc1ccc(S(=O)(=O)N2CCc3cc(S(=O)(=O)N4CCCCC4)ccc32)cc1. The molecule has 0 saturated carbocycles. The van der Waals surface area contributed by atoms with Gasteiger partial charge in [-0.05, 0) is 73.4 Å². The Kier molecular flexibility index (Phi) is 6.11. The summed E-state index contributed by atoms with van der Waals surface area (Å²) in [5.74, 6) is -0.385. The molecular formula is C22H25N3O5S2. The van der Waals surface area contributed by atoms with Gasteiger partial charge in [-0.2, -0.15) is 4.31 Å². The summed E-state index contributed by atoms with van der Waals surface area (Å²) < 4.78 is 55.2. The molecule has 8 nitrogen and oxygen atoms in total. The van der Waals surface area contributed by atoms with E-state index in [2.05, 4.69) is 11.9 Å². The molecule has 2 aliphatic rings. The minimum absolute atomic E-state index is 0.0898. The number of carbonyl (C=O) groups excluding carboxylic acids is 1. The van der Waals surface area contributed by atoms with Crippen molar-refractivity contribution < 1.29 is 21.6 Å². The molecule has 170 valence electrons. The van der Waals surface area contributed by atoms with Crippen LogP contribution in [0.15, 0.2) is 64.9 Å². The normalized spacial score (nSPS) is 17.1. The molecule has 1 N–H and O–H groups in total. The monoisotopic (exact) mass is 475 g/mol. The Bertz CT molecular complexity index is 1250. The second-order valence-electron chi connectivity index (χ2n) is 7.80. The molecule has 0 unspecified atom stereocenters. The van der Waals surface area contributed by atoms with Gasteiger partial charge in [0, 0.05) is 25.3 Å². The van der Waals surface area contributed by atoms with E-state index < -0.39 is 20.0 Å². The molecule has 2 aromatic carbocycles. The average molecular weight is 476 g/mol. The predicted molar refractivity (Wildman–Crippen MR) is 123 cm³/mol. The lowest BCUT2D eigenvalue weighted by Crippen LogP contribution is -2.35. The van der Waals surface area contributed by atoms with Crippen LogP contribution < -0.4 is 9.62 Å². The first-order valence-corrected chi connectivity index (χ1v) is 13.3. The Morgan fingerprint density at radius 1 is 0.875 bits per heavy atom. The number of hydrogen-bond acceptors (Lipinski definition) is 5. The molecule has 0 aromatic heterocycles. The van der Waals surface area contributed by atoms with Gasteiger partial charge in [-0.3, -0.25) is 9.10 Å². The van der Waals surface area contributed by atoms with Crippen molar-refractivity contribution in [2.75, 3.05) is 29.3 Å². The Balaban J connectivity index is 1.59. The van der Waals surface area contributed by atoms with Crippen LogP contribution in [0.1, 0.15) is 24.8 Å². The number of piperidine rings is 1. The number of amides is 1. The molecule has 0 atom stereocenters. The first-order chi connectivity index (χ1) is 15.2. The second kappa shape index (κ2) is 8.68. The first kappa shape index (κ1) is 22.5. The molecule has 32 heavy (non-hydrogen) atoms. The zero-order valence-corrected chi connectivity index (χ0v) is 19.2. The number of fused-ring (bicyclic) bond motifs is 1. The third kappa shape index (κ3) is 4.17. The highest BCUT2D eigenvalue weighted by atomic mass is 32.2. The molecule has 1 saturated heterocycles. The van der Waals surface area contributed by atoms with Gasteiger partial charge in [0.15, 0.2) is 0 Å². The van der Waals surface area contributed by atoms with E-state index in [4.69, 9.17) is 0 Å². The van der Waals surface area contributed by atoms with Crippen molar-refractivity contribution in [1.82, 2.24) is 4.31 Å².